The molecule has 1 aliphatic carbocycles. The van der Waals surface area contributed by atoms with Crippen LogP contribution in [0.15, 0.2) is 71.1 Å². The molecule has 108 valence electrons. The molecule has 0 N–H and O–H groups in total. The van der Waals surface area contributed by atoms with Crippen LogP contribution in [0.25, 0.3) is 55.0 Å². The van der Waals surface area contributed by atoms with Crippen LogP contribution in [-0.4, -0.2) is 7.85 Å². The van der Waals surface area contributed by atoms with Crippen molar-refractivity contribution in [1.29, 1.82) is 0 Å². The van der Waals surface area contributed by atoms with Gasteiger partial charge < -0.3 is 4.42 Å². The average molecular weight is 302 g/mol. The Morgan fingerprint density at radius 3 is 2.38 bits per heavy atom. The Morgan fingerprint density at radius 2 is 1.50 bits per heavy atom. The Balaban J connectivity index is 1.86. The minimum absolute atomic E-state index is 0.726. The van der Waals surface area contributed by atoms with Gasteiger partial charge in [0.1, 0.15) is 19.0 Å². The fraction of sp³-hybridized carbons (Fsp3) is 0. The van der Waals surface area contributed by atoms with Gasteiger partial charge >= 0.3 is 0 Å². The van der Waals surface area contributed by atoms with Gasteiger partial charge in [-0.05, 0) is 39.6 Å². The van der Waals surface area contributed by atoms with Crippen molar-refractivity contribution in [2.24, 2.45) is 0 Å². The first-order valence-corrected chi connectivity index (χ1v) is 8.08. The van der Waals surface area contributed by atoms with Gasteiger partial charge in [-0.1, -0.05) is 60.1 Å². The molecule has 1 nitrogen and oxygen atoms in total. The molecule has 6 rings (SSSR count). The Bertz CT molecular complexity index is 1310. The van der Waals surface area contributed by atoms with Crippen LogP contribution in [0.3, 0.4) is 0 Å². The van der Waals surface area contributed by atoms with E-state index in [-0.39, 0.29) is 0 Å². The van der Waals surface area contributed by atoms with E-state index in [1.54, 1.807) is 0 Å². The highest BCUT2D eigenvalue weighted by Gasteiger charge is 2.25. The smallest absolute Gasteiger partial charge is 0.143 e. The minimum Gasteiger partial charge on any atom is -0.455 e. The van der Waals surface area contributed by atoms with Gasteiger partial charge in [0.2, 0.25) is 0 Å². The molecule has 5 aromatic rings. The van der Waals surface area contributed by atoms with Crippen LogP contribution in [0.4, 0.5) is 0 Å². The second kappa shape index (κ2) is 4.10. The van der Waals surface area contributed by atoms with Crippen LogP contribution in [0.2, 0.25) is 0 Å². The Hall–Kier alpha value is -3.00. The largest absolute Gasteiger partial charge is 0.455 e. The first-order chi connectivity index (χ1) is 11.8. The van der Waals surface area contributed by atoms with Crippen molar-refractivity contribution in [3.63, 3.8) is 0 Å². The first kappa shape index (κ1) is 12.4. The number of furan rings is 1. The molecule has 0 atom stereocenters. The number of benzene rings is 4. The van der Waals surface area contributed by atoms with E-state index in [9.17, 15) is 0 Å². The molecule has 0 unspecified atom stereocenters. The summed E-state index contributed by atoms with van der Waals surface area (Å²) in [5, 5.41) is 4.86. The molecular weight excluding hydrogens is 291 g/mol. The molecule has 2 heteroatoms. The molecule has 0 amide bonds. The Labute approximate surface area is 139 Å². The van der Waals surface area contributed by atoms with E-state index >= 15 is 0 Å². The van der Waals surface area contributed by atoms with Crippen LogP contribution in [0.1, 0.15) is 0 Å². The van der Waals surface area contributed by atoms with E-state index in [0.717, 1.165) is 27.4 Å². The van der Waals surface area contributed by atoms with Gasteiger partial charge in [-0.2, -0.15) is 0 Å². The summed E-state index contributed by atoms with van der Waals surface area (Å²) in [5.74, 6) is 0. The maximum absolute atomic E-state index is 6.26. The summed E-state index contributed by atoms with van der Waals surface area (Å²) < 4.78 is 6.26. The fourth-order valence-electron chi connectivity index (χ4n) is 4.12. The van der Waals surface area contributed by atoms with E-state index in [4.69, 9.17) is 12.3 Å². The molecule has 4 aromatic carbocycles. The van der Waals surface area contributed by atoms with Crippen molar-refractivity contribution < 1.29 is 4.42 Å². The van der Waals surface area contributed by atoms with Crippen molar-refractivity contribution >= 4 is 46.0 Å². The van der Waals surface area contributed by atoms with E-state index in [1.165, 1.54) is 33.0 Å². The molecule has 0 aliphatic heterocycles. The summed E-state index contributed by atoms with van der Waals surface area (Å²) in [5.41, 5.74) is 7.54. The monoisotopic (exact) mass is 302 g/mol. The van der Waals surface area contributed by atoms with Crippen molar-refractivity contribution in [2.75, 3.05) is 0 Å². The minimum atomic E-state index is 0.726. The van der Waals surface area contributed by atoms with Gasteiger partial charge in [-0.25, -0.2) is 0 Å². The lowest BCUT2D eigenvalue weighted by Crippen LogP contribution is -1.98. The molecular formula is C22H11BO. The lowest BCUT2D eigenvalue weighted by molar-refractivity contribution is 0.670. The molecule has 0 saturated carbocycles. The number of fused-ring (bicyclic) bond motifs is 7. The summed E-state index contributed by atoms with van der Waals surface area (Å²) in [6, 6.07) is 23.3. The summed E-state index contributed by atoms with van der Waals surface area (Å²) >= 11 is 0. The lowest BCUT2D eigenvalue weighted by atomic mass is 9.95. The van der Waals surface area contributed by atoms with Crippen molar-refractivity contribution in [1.82, 2.24) is 0 Å². The lowest BCUT2D eigenvalue weighted by Gasteiger charge is -2.02. The van der Waals surface area contributed by atoms with Crippen LogP contribution in [0, 0.1) is 0 Å². The van der Waals surface area contributed by atoms with E-state index in [0.29, 0.717) is 0 Å². The average Bonchev–Trinajstić information content (AvgIpc) is 3.12. The number of rotatable bonds is 0. The zero-order chi connectivity index (χ0) is 15.8. The Morgan fingerprint density at radius 1 is 0.708 bits per heavy atom. The van der Waals surface area contributed by atoms with E-state index in [1.807, 2.05) is 18.2 Å². The highest BCUT2D eigenvalue weighted by molar-refractivity contribution is 6.33. The predicted octanol–water partition coefficient (Wildman–Crippen LogP) is 5.18. The van der Waals surface area contributed by atoms with E-state index < -0.39 is 0 Å². The zero-order valence-corrected chi connectivity index (χ0v) is 12.8. The first-order valence-electron chi connectivity index (χ1n) is 8.08. The molecule has 0 spiro atoms. The quantitative estimate of drug-likeness (QED) is 0.352. The maximum atomic E-state index is 6.26. The maximum Gasteiger partial charge on any atom is 0.143 e. The van der Waals surface area contributed by atoms with Crippen LogP contribution < -0.4 is 5.46 Å². The molecule has 0 fully saturated rings. The summed E-state index contributed by atoms with van der Waals surface area (Å²) in [6.45, 7) is 0. The number of hydrogen-bond acceptors (Lipinski definition) is 1. The second-order valence-electron chi connectivity index (χ2n) is 6.43. The van der Waals surface area contributed by atoms with Gasteiger partial charge in [0, 0.05) is 16.3 Å². The second-order valence-corrected chi connectivity index (χ2v) is 6.43. The highest BCUT2D eigenvalue weighted by atomic mass is 16.3. The van der Waals surface area contributed by atoms with Gasteiger partial charge in [-0.15, -0.1) is 0 Å². The molecule has 1 heterocycles. The Kier molecular flexibility index (Phi) is 2.12. The van der Waals surface area contributed by atoms with Gasteiger partial charge in [0.15, 0.2) is 0 Å². The molecule has 2 radical (unpaired) electrons. The molecule has 1 aromatic heterocycles. The van der Waals surface area contributed by atoms with Crippen LogP contribution >= 0.6 is 0 Å². The topological polar surface area (TPSA) is 13.1 Å². The molecule has 1 aliphatic rings. The third-order valence-electron chi connectivity index (χ3n) is 5.13. The number of hydrogen-bond donors (Lipinski definition) is 0. The van der Waals surface area contributed by atoms with Gasteiger partial charge in [0.25, 0.3) is 0 Å². The third-order valence-corrected chi connectivity index (χ3v) is 5.13. The fourth-order valence-corrected chi connectivity index (χ4v) is 4.12. The molecule has 0 bridgehead atoms. The van der Waals surface area contributed by atoms with Crippen molar-refractivity contribution in [2.45, 2.75) is 0 Å². The van der Waals surface area contributed by atoms with Crippen molar-refractivity contribution in [3.05, 3.63) is 66.7 Å². The normalized spacial score (nSPS) is 12.3. The van der Waals surface area contributed by atoms with Crippen LogP contribution in [-0.2, 0) is 0 Å². The summed E-state index contributed by atoms with van der Waals surface area (Å²) in [4.78, 5) is 0. The van der Waals surface area contributed by atoms with Crippen LogP contribution in [0.5, 0.6) is 0 Å². The predicted molar refractivity (Wildman–Crippen MR) is 101 cm³/mol. The third kappa shape index (κ3) is 1.37. The molecule has 0 saturated heterocycles. The summed E-state index contributed by atoms with van der Waals surface area (Å²) in [6.07, 6.45) is 0. The van der Waals surface area contributed by atoms with Gasteiger partial charge in [-0.3, -0.25) is 0 Å². The van der Waals surface area contributed by atoms with E-state index in [2.05, 4.69) is 48.5 Å². The molecule has 24 heavy (non-hydrogen) atoms. The highest BCUT2D eigenvalue weighted by Crippen LogP contribution is 2.51. The standard InChI is InChI=1S/C22H11BO/c23-13-7-8-14-17-10-9-16-15-5-1-3-12-4-2-6-18(20(12)15)21(16)22(17)24-19(14)11-13/h1-11H. The van der Waals surface area contributed by atoms with Crippen molar-refractivity contribution in [3.8, 4) is 22.3 Å². The summed E-state index contributed by atoms with van der Waals surface area (Å²) in [7, 11) is 5.93. The zero-order valence-electron chi connectivity index (χ0n) is 12.8. The SMILES string of the molecule is [B]c1ccc2c(c1)oc1c3c(ccc12)-c1cccc2cccc-3c12. The van der Waals surface area contributed by atoms with Gasteiger partial charge in [0.05, 0.1) is 0 Å².